The first kappa shape index (κ1) is 17.5. The summed E-state index contributed by atoms with van der Waals surface area (Å²) in [6.07, 6.45) is 0.420. The number of aliphatic hydroxyl groups is 1. The van der Waals surface area contributed by atoms with E-state index in [1.54, 1.807) is 18.4 Å². The van der Waals surface area contributed by atoms with Crippen LogP contribution >= 0.6 is 11.3 Å². The molecule has 0 radical (unpaired) electrons. The van der Waals surface area contributed by atoms with Gasteiger partial charge >= 0.3 is 6.03 Å². The first-order valence-electron chi connectivity index (χ1n) is 7.39. The Labute approximate surface area is 140 Å². The van der Waals surface area contributed by atoms with Crippen molar-refractivity contribution in [1.82, 2.24) is 5.32 Å². The topological polar surface area (TPSA) is 70.6 Å². The second kappa shape index (κ2) is 8.10. The highest BCUT2D eigenvalue weighted by atomic mass is 32.1. The van der Waals surface area contributed by atoms with Crippen molar-refractivity contribution < 1.29 is 14.6 Å². The van der Waals surface area contributed by atoms with Crippen molar-refractivity contribution in [2.75, 3.05) is 25.6 Å². The number of aliphatic hydroxyl groups excluding tert-OH is 1. The maximum atomic E-state index is 12.2. The molecule has 2 rings (SSSR count). The Bertz CT molecular complexity index is 623. The average Bonchev–Trinajstić information content (AvgIpc) is 3.01. The maximum Gasteiger partial charge on any atom is 0.319 e. The minimum atomic E-state index is -0.612. The summed E-state index contributed by atoms with van der Waals surface area (Å²) in [5.41, 5.74) is 1.17. The van der Waals surface area contributed by atoms with Gasteiger partial charge in [-0.3, -0.25) is 0 Å². The van der Waals surface area contributed by atoms with Crippen molar-refractivity contribution in [2.45, 2.75) is 18.9 Å². The van der Waals surface area contributed by atoms with E-state index in [0.29, 0.717) is 13.0 Å². The largest absolute Gasteiger partial charge is 0.396 e. The van der Waals surface area contributed by atoms with Crippen molar-refractivity contribution in [3.05, 3.63) is 41.8 Å². The molecule has 1 atom stereocenters. The zero-order valence-electron chi connectivity index (χ0n) is 13.3. The zero-order valence-corrected chi connectivity index (χ0v) is 14.2. The fraction of sp³-hybridized carbons (Fsp3) is 0.353. The molecule has 0 fully saturated rings. The highest BCUT2D eigenvalue weighted by Crippen LogP contribution is 2.26. The van der Waals surface area contributed by atoms with E-state index in [1.807, 2.05) is 48.7 Å². The van der Waals surface area contributed by atoms with Crippen LogP contribution in [0, 0.1) is 0 Å². The van der Waals surface area contributed by atoms with Gasteiger partial charge in [-0.1, -0.05) is 18.2 Å². The maximum absolute atomic E-state index is 12.2. The van der Waals surface area contributed by atoms with Crippen LogP contribution in [0.4, 0.5) is 10.5 Å². The highest BCUT2D eigenvalue weighted by Gasteiger charge is 2.25. The molecule has 2 amide bonds. The van der Waals surface area contributed by atoms with Gasteiger partial charge in [0.15, 0.2) is 0 Å². The molecule has 1 heterocycles. The van der Waals surface area contributed by atoms with E-state index in [9.17, 15) is 4.79 Å². The van der Waals surface area contributed by atoms with Gasteiger partial charge in [0.05, 0.1) is 12.1 Å². The Hall–Kier alpha value is -1.89. The molecule has 5 nitrogen and oxygen atoms in total. The summed E-state index contributed by atoms with van der Waals surface area (Å²) in [6.45, 7) is 2.15. The molecule has 23 heavy (non-hydrogen) atoms. The Morgan fingerprint density at radius 1 is 1.35 bits per heavy atom. The van der Waals surface area contributed by atoms with Gasteiger partial charge in [-0.05, 0) is 42.5 Å². The molecular formula is C17H22N2O3S. The van der Waals surface area contributed by atoms with E-state index in [4.69, 9.17) is 9.84 Å². The molecule has 3 N–H and O–H groups in total. The molecule has 0 aliphatic heterocycles. The number of rotatable bonds is 7. The van der Waals surface area contributed by atoms with Crippen molar-refractivity contribution in [1.29, 1.82) is 0 Å². The minimum Gasteiger partial charge on any atom is -0.396 e. The quantitative estimate of drug-likeness (QED) is 0.727. The van der Waals surface area contributed by atoms with Crippen molar-refractivity contribution >= 4 is 23.1 Å². The Morgan fingerprint density at radius 2 is 2.17 bits per heavy atom. The van der Waals surface area contributed by atoms with Crippen LogP contribution in [0.5, 0.6) is 0 Å². The molecule has 0 saturated carbocycles. The lowest BCUT2D eigenvalue weighted by atomic mass is 10.00. The van der Waals surface area contributed by atoms with Crippen LogP contribution in [0.2, 0.25) is 0 Å². The number of anilines is 1. The van der Waals surface area contributed by atoms with E-state index in [2.05, 4.69) is 10.6 Å². The number of thiophene rings is 1. The fourth-order valence-electron chi connectivity index (χ4n) is 2.37. The van der Waals surface area contributed by atoms with Crippen LogP contribution in [-0.4, -0.2) is 37.0 Å². The number of hydrogen-bond acceptors (Lipinski definition) is 4. The second-order valence-electron chi connectivity index (χ2n) is 5.60. The van der Waals surface area contributed by atoms with E-state index in [0.717, 1.165) is 16.1 Å². The standard InChI is InChI=1S/C17H22N2O3S/c1-17(8-9-20,12-22-2)19-16(21)18-14-6-3-5-13(11-14)15-7-4-10-23-15/h3-7,10-11,20H,8-9,12H2,1-2H3,(H2,18,19,21). The Kier molecular flexibility index (Phi) is 6.15. The summed E-state index contributed by atoms with van der Waals surface area (Å²) < 4.78 is 5.13. The normalized spacial score (nSPS) is 13.3. The molecule has 0 aliphatic rings. The number of methoxy groups -OCH3 is 1. The molecular weight excluding hydrogens is 312 g/mol. The van der Waals surface area contributed by atoms with E-state index >= 15 is 0 Å². The summed E-state index contributed by atoms with van der Waals surface area (Å²) >= 11 is 1.65. The number of amides is 2. The van der Waals surface area contributed by atoms with Crippen molar-refractivity contribution in [2.24, 2.45) is 0 Å². The predicted molar refractivity (Wildman–Crippen MR) is 93.9 cm³/mol. The van der Waals surface area contributed by atoms with Gasteiger partial charge in [-0.15, -0.1) is 11.3 Å². The smallest absolute Gasteiger partial charge is 0.319 e. The van der Waals surface area contributed by atoms with E-state index in [-0.39, 0.29) is 12.6 Å². The molecule has 0 saturated heterocycles. The SMILES string of the molecule is COCC(C)(CCO)NC(=O)Nc1cccc(-c2cccs2)c1. The lowest BCUT2D eigenvalue weighted by molar-refractivity contribution is 0.104. The van der Waals surface area contributed by atoms with Crippen LogP contribution in [0.15, 0.2) is 41.8 Å². The Morgan fingerprint density at radius 3 is 2.83 bits per heavy atom. The molecule has 2 aromatic rings. The van der Waals surface area contributed by atoms with E-state index in [1.165, 1.54) is 0 Å². The molecule has 1 aromatic carbocycles. The molecule has 6 heteroatoms. The van der Waals surface area contributed by atoms with Crippen LogP contribution in [0.3, 0.4) is 0 Å². The number of hydrogen-bond donors (Lipinski definition) is 3. The van der Waals surface area contributed by atoms with Crippen molar-refractivity contribution in [3.8, 4) is 10.4 Å². The molecule has 124 valence electrons. The summed E-state index contributed by atoms with van der Waals surface area (Å²) in [5, 5.41) is 16.9. The third-order valence-corrected chi connectivity index (χ3v) is 4.39. The fourth-order valence-corrected chi connectivity index (χ4v) is 3.09. The van der Waals surface area contributed by atoms with E-state index < -0.39 is 5.54 Å². The first-order chi connectivity index (χ1) is 11.1. The van der Waals surface area contributed by atoms with Gasteiger partial charge in [0, 0.05) is 24.3 Å². The number of nitrogens with one attached hydrogen (secondary N) is 2. The van der Waals surface area contributed by atoms with Gasteiger partial charge in [0.25, 0.3) is 0 Å². The third-order valence-electron chi connectivity index (χ3n) is 3.47. The van der Waals surface area contributed by atoms with Gasteiger partial charge < -0.3 is 20.5 Å². The first-order valence-corrected chi connectivity index (χ1v) is 8.27. The van der Waals surface area contributed by atoms with Gasteiger partial charge in [-0.25, -0.2) is 4.79 Å². The number of ether oxygens (including phenoxy) is 1. The van der Waals surface area contributed by atoms with Crippen LogP contribution in [0.25, 0.3) is 10.4 Å². The van der Waals surface area contributed by atoms with Crippen LogP contribution in [-0.2, 0) is 4.74 Å². The summed E-state index contributed by atoms with van der Waals surface area (Å²) in [5.74, 6) is 0. The lowest BCUT2D eigenvalue weighted by Gasteiger charge is -2.29. The molecule has 0 spiro atoms. The monoisotopic (exact) mass is 334 g/mol. The lowest BCUT2D eigenvalue weighted by Crippen LogP contribution is -2.51. The summed E-state index contributed by atoms with van der Waals surface area (Å²) in [4.78, 5) is 13.4. The molecule has 1 unspecified atom stereocenters. The van der Waals surface area contributed by atoms with Gasteiger partial charge in [0.2, 0.25) is 0 Å². The average molecular weight is 334 g/mol. The molecule has 0 bridgehead atoms. The number of benzene rings is 1. The summed E-state index contributed by atoms with van der Waals surface area (Å²) in [6, 6.07) is 11.4. The van der Waals surface area contributed by atoms with Crippen LogP contribution in [0.1, 0.15) is 13.3 Å². The second-order valence-corrected chi connectivity index (χ2v) is 6.55. The highest BCUT2D eigenvalue weighted by molar-refractivity contribution is 7.13. The number of urea groups is 1. The zero-order chi connectivity index (χ0) is 16.7. The van der Waals surface area contributed by atoms with Gasteiger partial charge in [-0.2, -0.15) is 0 Å². The van der Waals surface area contributed by atoms with Crippen LogP contribution < -0.4 is 10.6 Å². The number of carbonyl (C=O) groups excluding carboxylic acids is 1. The minimum absolute atomic E-state index is 0.0198. The molecule has 0 aliphatic carbocycles. The summed E-state index contributed by atoms with van der Waals surface area (Å²) in [7, 11) is 1.57. The Balaban J connectivity index is 2.04. The molecule has 1 aromatic heterocycles. The number of carbonyl (C=O) groups is 1. The third kappa shape index (κ3) is 5.06. The van der Waals surface area contributed by atoms with Crippen molar-refractivity contribution in [3.63, 3.8) is 0 Å². The predicted octanol–water partition coefficient (Wildman–Crippen LogP) is 3.32. The van der Waals surface area contributed by atoms with Gasteiger partial charge in [0.1, 0.15) is 0 Å².